The Morgan fingerprint density at radius 1 is 0.857 bits per heavy atom. The molecule has 0 saturated heterocycles. The predicted octanol–water partition coefficient (Wildman–Crippen LogP) is 4.45. The van der Waals surface area contributed by atoms with Crippen LogP contribution in [0.1, 0.15) is 17.5 Å². The SMILES string of the molecule is Cl.Cl.Cl.Cn1c(=O)n(C)c2cc(OCCCN(CCc3cccnc3)Cc3cccnc3)ccc21. The van der Waals surface area contributed by atoms with Gasteiger partial charge in [-0.05, 0) is 48.2 Å². The second-order valence-corrected chi connectivity index (χ2v) is 8.00. The topological polar surface area (TPSA) is 65.2 Å². The lowest BCUT2D eigenvalue weighted by Crippen LogP contribution is -2.28. The van der Waals surface area contributed by atoms with E-state index in [2.05, 4.69) is 27.0 Å². The van der Waals surface area contributed by atoms with E-state index in [0.29, 0.717) is 6.61 Å². The van der Waals surface area contributed by atoms with E-state index in [1.165, 1.54) is 11.1 Å². The first-order chi connectivity index (χ1) is 15.6. The number of imidazole rings is 1. The fourth-order valence-corrected chi connectivity index (χ4v) is 3.91. The smallest absolute Gasteiger partial charge is 0.328 e. The molecule has 190 valence electrons. The van der Waals surface area contributed by atoms with E-state index in [-0.39, 0.29) is 42.9 Å². The average molecular weight is 541 g/mol. The van der Waals surface area contributed by atoms with Gasteiger partial charge in [0.15, 0.2) is 0 Å². The van der Waals surface area contributed by atoms with Crippen LogP contribution >= 0.6 is 37.2 Å². The molecular weight excluding hydrogens is 509 g/mol. The second-order valence-electron chi connectivity index (χ2n) is 8.00. The zero-order valence-electron chi connectivity index (χ0n) is 19.9. The summed E-state index contributed by atoms with van der Waals surface area (Å²) in [7, 11) is 3.57. The Bertz CT molecular complexity index is 1220. The Balaban J connectivity index is 0.00000204. The molecule has 0 unspecified atom stereocenters. The number of halogens is 3. The molecule has 35 heavy (non-hydrogen) atoms. The van der Waals surface area contributed by atoms with Crippen LogP contribution in [0.5, 0.6) is 5.75 Å². The summed E-state index contributed by atoms with van der Waals surface area (Å²) in [6.07, 6.45) is 9.31. The molecule has 4 aromatic rings. The van der Waals surface area contributed by atoms with Crippen molar-refractivity contribution < 1.29 is 4.74 Å². The van der Waals surface area contributed by atoms with Crippen LogP contribution in [-0.4, -0.2) is 43.7 Å². The van der Waals surface area contributed by atoms with Gasteiger partial charge in [-0.3, -0.25) is 24.0 Å². The summed E-state index contributed by atoms with van der Waals surface area (Å²) in [6.45, 7) is 3.33. The van der Waals surface area contributed by atoms with Crippen molar-refractivity contribution in [2.75, 3.05) is 19.7 Å². The highest BCUT2D eigenvalue weighted by Crippen LogP contribution is 2.19. The maximum Gasteiger partial charge on any atom is 0.328 e. The van der Waals surface area contributed by atoms with Gasteiger partial charge in [-0.1, -0.05) is 12.1 Å². The Kier molecular flexibility index (Phi) is 12.8. The minimum atomic E-state index is -0.0307. The Hall–Kier alpha value is -2.58. The van der Waals surface area contributed by atoms with E-state index in [1.807, 2.05) is 42.7 Å². The molecule has 3 aromatic heterocycles. The molecule has 0 aliphatic heterocycles. The zero-order chi connectivity index (χ0) is 22.3. The lowest BCUT2D eigenvalue weighted by molar-refractivity contribution is 0.229. The number of aryl methyl sites for hydroxylation is 2. The van der Waals surface area contributed by atoms with Crippen molar-refractivity contribution in [1.29, 1.82) is 0 Å². The number of pyridine rings is 2. The molecule has 0 amide bonds. The summed E-state index contributed by atoms with van der Waals surface area (Å²) < 4.78 is 9.31. The van der Waals surface area contributed by atoms with Gasteiger partial charge in [-0.15, -0.1) is 37.2 Å². The lowest BCUT2D eigenvalue weighted by atomic mass is 10.2. The summed E-state index contributed by atoms with van der Waals surface area (Å²) in [5.74, 6) is 0.785. The fourth-order valence-electron chi connectivity index (χ4n) is 3.91. The Morgan fingerprint density at radius 3 is 2.17 bits per heavy atom. The monoisotopic (exact) mass is 539 g/mol. The molecule has 1 aromatic carbocycles. The van der Waals surface area contributed by atoms with E-state index < -0.39 is 0 Å². The number of fused-ring (bicyclic) bond motifs is 1. The van der Waals surface area contributed by atoms with Crippen LogP contribution in [0.15, 0.2) is 72.0 Å². The van der Waals surface area contributed by atoms with Crippen LogP contribution in [0.3, 0.4) is 0 Å². The third-order valence-corrected chi connectivity index (χ3v) is 5.70. The van der Waals surface area contributed by atoms with Gasteiger partial charge in [0.25, 0.3) is 0 Å². The molecule has 7 nitrogen and oxygen atoms in total. The standard InChI is InChI=1S/C25H29N5O2.3ClH/c1-28-23-9-8-22(16-24(23)29(2)25(28)31)32-15-5-13-30(19-21-7-4-12-27-18-21)14-10-20-6-3-11-26-17-20;;;/h3-4,6-9,11-12,16-18H,5,10,13-15,19H2,1-2H3;3*1H. The molecule has 0 aliphatic carbocycles. The van der Waals surface area contributed by atoms with E-state index in [0.717, 1.165) is 49.3 Å². The number of ether oxygens (including phenoxy) is 1. The third-order valence-electron chi connectivity index (χ3n) is 5.70. The van der Waals surface area contributed by atoms with Crippen LogP contribution in [0.2, 0.25) is 0 Å². The number of benzene rings is 1. The largest absolute Gasteiger partial charge is 0.493 e. The van der Waals surface area contributed by atoms with Crippen molar-refractivity contribution in [3.05, 3.63) is 88.9 Å². The first-order valence-electron chi connectivity index (χ1n) is 10.9. The molecule has 0 bridgehead atoms. The molecule has 0 fully saturated rings. The molecule has 0 atom stereocenters. The molecule has 0 saturated carbocycles. The van der Waals surface area contributed by atoms with Gasteiger partial charge in [-0.2, -0.15) is 0 Å². The van der Waals surface area contributed by atoms with E-state index in [4.69, 9.17) is 4.74 Å². The summed E-state index contributed by atoms with van der Waals surface area (Å²) in [5.41, 5.74) is 4.20. The van der Waals surface area contributed by atoms with Gasteiger partial charge in [-0.25, -0.2) is 4.79 Å². The summed E-state index contributed by atoms with van der Waals surface area (Å²) in [4.78, 5) is 23.0. The molecule has 0 aliphatic rings. The van der Waals surface area contributed by atoms with E-state index in [9.17, 15) is 4.79 Å². The van der Waals surface area contributed by atoms with Gasteiger partial charge in [0.05, 0.1) is 17.6 Å². The van der Waals surface area contributed by atoms with E-state index in [1.54, 1.807) is 35.6 Å². The average Bonchev–Trinajstić information content (AvgIpc) is 3.05. The molecule has 0 N–H and O–H groups in total. The van der Waals surface area contributed by atoms with Crippen LogP contribution in [-0.2, 0) is 27.1 Å². The number of hydrogen-bond donors (Lipinski definition) is 0. The highest BCUT2D eigenvalue weighted by atomic mass is 35.5. The second kappa shape index (κ2) is 14.7. The van der Waals surface area contributed by atoms with Crippen LogP contribution < -0.4 is 10.4 Å². The third kappa shape index (κ3) is 7.97. The van der Waals surface area contributed by atoms with Gasteiger partial charge in [0, 0.05) is 64.6 Å². The van der Waals surface area contributed by atoms with Crippen LogP contribution in [0.25, 0.3) is 11.0 Å². The highest BCUT2D eigenvalue weighted by molar-refractivity contribution is 5.86. The molecular formula is C25H32Cl3N5O2. The fraction of sp³-hybridized carbons (Fsp3) is 0.320. The van der Waals surface area contributed by atoms with Crippen molar-refractivity contribution in [3.8, 4) is 5.75 Å². The van der Waals surface area contributed by atoms with E-state index >= 15 is 0 Å². The summed E-state index contributed by atoms with van der Waals surface area (Å²) in [6, 6.07) is 14.0. The Labute approximate surface area is 224 Å². The van der Waals surface area contributed by atoms with Crippen LogP contribution in [0.4, 0.5) is 0 Å². The molecule has 3 heterocycles. The Morgan fingerprint density at radius 2 is 1.51 bits per heavy atom. The minimum Gasteiger partial charge on any atom is -0.493 e. The maximum atomic E-state index is 12.1. The number of rotatable bonds is 10. The van der Waals surface area contributed by atoms with Gasteiger partial charge >= 0.3 is 5.69 Å². The number of aromatic nitrogens is 4. The lowest BCUT2D eigenvalue weighted by Gasteiger charge is -2.22. The van der Waals surface area contributed by atoms with Gasteiger partial charge < -0.3 is 4.74 Å². The maximum absolute atomic E-state index is 12.1. The predicted molar refractivity (Wildman–Crippen MR) is 147 cm³/mol. The van der Waals surface area contributed by atoms with Crippen molar-refractivity contribution in [2.45, 2.75) is 19.4 Å². The number of hydrogen-bond acceptors (Lipinski definition) is 5. The molecule has 0 spiro atoms. The quantitative estimate of drug-likeness (QED) is 0.278. The first-order valence-corrected chi connectivity index (χ1v) is 10.9. The zero-order valence-corrected chi connectivity index (χ0v) is 22.3. The normalized spacial score (nSPS) is 10.4. The van der Waals surface area contributed by atoms with Crippen molar-refractivity contribution in [1.82, 2.24) is 24.0 Å². The molecule has 4 rings (SSSR count). The van der Waals surface area contributed by atoms with Crippen molar-refractivity contribution >= 4 is 48.3 Å². The van der Waals surface area contributed by atoms with Crippen molar-refractivity contribution in [3.63, 3.8) is 0 Å². The van der Waals surface area contributed by atoms with Crippen molar-refractivity contribution in [2.24, 2.45) is 14.1 Å². The highest BCUT2D eigenvalue weighted by Gasteiger charge is 2.10. The summed E-state index contributed by atoms with van der Waals surface area (Å²) >= 11 is 0. The summed E-state index contributed by atoms with van der Waals surface area (Å²) in [5, 5.41) is 0. The molecule has 10 heteroatoms. The first kappa shape index (κ1) is 30.5. The van der Waals surface area contributed by atoms with Gasteiger partial charge in [0.2, 0.25) is 0 Å². The number of nitrogens with zero attached hydrogens (tertiary/aromatic N) is 5. The molecule has 0 radical (unpaired) electrons. The minimum absolute atomic E-state index is 0. The van der Waals surface area contributed by atoms with Crippen LogP contribution in [0, 0.1) is 0 Å². The van der Waals surface area contributed by atoms with Gasteiger partial charge in [0.1, 0.15) is 5.75 Å².